The van der Waals surface area contributed by atoms with Crippen molar-refractivity contribution >= 4 is 16.6 Å². The summed E-state index contributed by atoms with van der Waals surface area (Å²) >= 11 is 0. The van der Waals surface area contributed by atoms with Gasteiger partial charge in [0.25, 0.3) is 0 Å². The number of hydrogen-bond donors (Lipinski definition) is 0. The predicted octanol–water partition coefficient (Wildman–Crippen LogP) is 3.02. The van der Waals surface area contributed by atoms with Gasteiger partial charge in [-0.1, -0.05) is 0 Å². The van der Waals surface area contributed by atoms with Gasteiger partial charge in [-0.05, 0) is 51.1 Å². The molecular weight excluding hydrogens is 328 g/mol. The zero-order chi connectivity index (χ0) is 16.8. The second kappa shape index (κ2) is 9.08. The minimum absolute atomic E-state index is 0.365. The van der Waals surface area contributed by atoms with Crippen LogP contribution in [0.1, 0.15) is 12.8 Å². The molecule has 2 aliphatic rings. The Morgan fingerprint density at radius 2 is 1.26 bits per heavy atom. The van der Waals surface area contributed by atoms with Crippen LogP contribution in [0.25, 0.3) is 0 Å². The summed E-state index contributed by atoms with van der Waals surface area (Å²) in [5.74, 6) is 0. The molecule has 2 rings (SSSR count). The van der Waals surface area contributed by atoms with E-state index in [0.29, 0.717) is 12.2 Å². The van der Waals surface area contributed by atoms with E-state index in [1.54, 1.807) is 0 Å². The molecule has 2 aliphatic heterocycles. The van der Waals surface area contributed by atoms with Crippen LogP contribution in [0, 0.1) is 0 Å². The Balaban J connectivity index is 1.61. The van der Waals surface area contributed by atoms with E-state index in [9.17, 15) is 0 Å². The van der Waals surface area contributed by atoms with Gasteiger partial charge in [0.05, 0.1) is 26.4 Å². The van der Waals surface area contributed by atoms with Crippen molar-refractivity contribution in [3.63, 3.8) is 0 Å². The van der Waals surface area contributed by atoms with Gasteiger partial charge in [-0.2, -0.15) is 0 Å². The first-order chi connectivity index (χ1) is 10.9. The monoisotopic (exact) mass is 362 g/mol. The Morgan fingerprint density at radius 3 is 1.61 bits per heavy atom. The number of ether oxygens (including phenoxy) is 4. The molecule has 0 amide bonds. The molecule has 136 valence electrons. The average molecular weight is 363 g/mol. The van der Waals surface area contributed by atoms with E-state index in [1.165, 1.54) is 12.1 Å². The van der Waals surface area contributed by atoms with Crippen LogP contribution in [-0.4, -0.2) is 68.5 Å². The second-order valence-electron chi connectivity index (χ2n) is 7.93. The topological polar surface area (TPSA) is 52.8 Å². The number of rotatable bonds is 14. The maximum atomic E-state index is 6.62. The molecular formula is C16H34O5Si2. The average Bonchev–Trinajstić information content (AvgIpc) is 3.31. The van der Waals surface area contributed by atoms with Gasteiger partial charge in [0, 0.05) is 13.2 Å². The molecule has 0 N–H and O–H groups in total. The SMILES string of the molecule is C[Si](C)(C)O[Si](C)(CCCOCC1CO1)CCCOCC1CO1. The molecule has 0 aromatic heterocycles. The van der Waals surface area contributed by atoms with Gasteiger partial charge in [0.15, 0.2) is 16.6 Å². The molecule has 2 fully saturated rings. The zero-order valence-electron chi connectivity index (χ0n) is 15.3. The lowest BCUT2D eigenvalue weighted by atomic mass is 10.5. The first kappa shape index (κ1) is 19.6. The van der Waals surface area contributed by atoms with Gasteiger partial charge in [-0.3, -0.25) is 0 Å². The van der Waals surface area contributed by atoms with Crippen molar-refractivity contribution in [2.75, 3.05) is 39.6 Å². The van der Waals surface area contributed by atoms with Crippen LogP contribution in [0.3, 0.4) is 0 Å². The summed E-state index contributed by atoms with van der Waals surface area (Å²) in [5, 5.41) is 0. The predicted molar refractivity (Wildman–Crippen MR) is 96.0 cm³/mol. The van der Waals surface area contributed by atoms with Crippen LogP contribution in [0.5, 0.6) is 0 Å². The Bertz CT molecular complexity index is 318. The van der Waals surface area contributed by atoms with E-state index in [0.717, 1.165) is 52.5 Å². The van der Waals surface area contributed by atoms with Crippen molar-refractivity contribution < 1.29 is 23.1 Å². The molecule has 2 atom stereocenters. The normalized spacial score (nSPS) is 26.1. The van der Waals surface area contributed by atoms with Crippen molar-refractivity contribution in [2.45, 2.75) is 63.3 Å². The molecule has 0 aromatic carbocycles. The lowest BCUT2D eigenvalue weighted by Crippen LogP contribution is -2.44. The highest BCUT2D eigenvalue weighted by atomic mass is 28.4. The van der Waals surface area contributed by atoms with Crippen molar-refractivity contribution in [1.29, 1.82) is 0 Å². The van der Waals surface area contributed by atoms with Crippen LogP contribution < -0.4 is 0 Å². The fourth-order valence-corrected chi connectivity index (χ4v) is 11.6. The smallest absolute Gasteiger partial charge is 0.176 e. The molecule has 5 nitrogen and oxygen atoms in total. The molecule has 2 saturated heterocycles. The van der Waals surface area contributed by atoms with Crippen molar-refractivity contribution in [3.8, 4) is 0 Å². The van der Waals surface area contributed by atoms with Gasteiger partial charge in [-0.15, -0.1) is 0 Å². The molecule has 0 aromatic rings. The van der Waals surface area contributed by atoms with E-state index in [-0.39, 0.29) is 0 Å². The third-order valence-electron chi connectivity index (χ3n) is 3.95. The molecule has 2 heterocycles. The Morgan fingerprint density at radius 1 is 0.826 bits per heavy atom. The van der Waals surface area contributed by atoms with Crippen LogP contribution >= 0.6 is 0 Å². The largest absolute Gasteiger partial charge is 0.456 e. The Kier molecular flexibility index (Phi) is 7.72. The van der Waals surface area contributed by atoms with Crippen molar-refractivity contribution in [1.82, 2.24) is 0 Å². The fraction of sp³-hybridized carbons (Fsp3) is 1.00. The molecule has 0 saturated carbocycles. The molecule has 0 spiro atoms. The Labute approximate surface area is 143 Å². The van der Waals surface area contributed by atoms with Gasteiger partial charge in [-0.25, -0.2) is 0 Å². The summed E-state index contributed by atoms with van der Waals surface area (Å²) in [6.07, 6.45) is 2.92. The summed E-state index contributed by atoms with van der Waals surface area (Å²) in [4.78, 5) is 0. The standard InChI is InChI=1S/C16H34O5Si2/c1-22(2,3)21-23(4,9-5-7-17-11-15-13-19-15)10-6-8-18-12-16-14-20-16/h15-16H,5-14H2,1-4H3. The summed E-state index contributed by atoms with van der Waals surface area (Å²) < 4.78 is 28.3. The summed E-state index contributed by atoms with van der Waals surface area (Å²) in [5.41, 5.74) is 0. The maximum absolute atomic E-state index is 6.62. The highest BCUT2D eigenvalue weighted by Gasteiger charge is 2.33. The molecule has 2 unspecified atom stereocenters. The number of epoxide rings is 2. The minimum atomic E-state index is -1.67. The lowest BCUT2D eigenvalue weighted by molar-refractivity contribution is 0.115. The Hall–Kier alpha value is 0.234. The zero-order valence-corrected chi connectivity index (χ0v) is 17.3. The molecule has 0 bridgehead atoms. The fourth-order valence-electron chi connectivity index (χ4n) is 2.82. The quantitative estimate of drug-likeness (QED) is 0.270. The molecule has 0 aliphatic carbocycles. The van der Waals surface area contributed by atoms with Gasteiger partial charge < -0.3 is 23.1 Å². The van der Waals surface area contributed by atoms with Crippen LogP contribution in [0.4, 0.5) is 0 Å². The van der Waals surface area contributed by atoms with E-state index >= 15 is 0 Å². The van der Waals surface area contributed by atoms with Crippen LogP contribution in [0.2, 0.25) is 38.3 Å². The van der Waals surface area contributed by atoms with E-state index in [1.807, 2.05) is 0 Å². The third kappa shape index (κ3) is 9.96. The van der Waals surface area contributed by atoms with E-state index in [2.05, 4.69) is 26.2 Å². The van der Waals surface area contributed by atoms with Crippen LogP contribution in [0.15, 0.2) is 0 Å². The number of hydrogen-bond acceptors (Lipinski definition) is 5. The van der Waals surface area contributed by atoms with Gasteiger partial charge >= 0.3 is 0 Å². The first-order valence-corrected chi connectivity index (χ1v) is 15.2. The maximum Gasteiger partial charge on any atom is 0.176 e. The van der Waals surface area contributed by atoms with Crippen LogP contribution in [-0.2, 0) is 23.1 Å². The highest BCUT2D eigenvalue weighted by Crippen LogP contribution is 2.26. The van der Waals surface area contributed by atoms with Crippen molar-refractivity contribution in [2.24, 2.45) is 0 Å². The minimum Gasteiger partial charge on any atom is -0.456 e. The van der Waals surface area contributed by atoms with Gasteiger partial charge in [0.1, 0.15) is 12.2 Å². The summed E-state index contributed by atoms with van der Waals surface area (Å²) in [6.45, 7) is 14.2. The third-order valence-corrected chi connectivity index (χ3v) is 11.2. The van der Waals surface area contributed by atoms with E-state index < -0.39 is 16.6 Å². The van der Waals surface area contributed by atoms with E-state index in [4.69, 9.17) is 23.1 Å². The molecule has 23 heavy (non-hydrogen) atoms. The summed E-state index contributed by atoms with van der Waals surface area (Å²) in [6, 6.07) is 2.35. The molecule has 7 heteroatoms. The summed E-state index contributed by atoms with van der Waals surface area (Å²) in [7, 11) is -3.17. The van der Waals surface area contributed by atoms with Gasteiger partial charge in [0.2, 0.25) is 0 Å². The van der Waals surface area contributed by atoms with Crippen molar-refractivity contribution in [3.05, 3.63) is 0 Å². The highest BCUT2D eigenvalue weighted by molar-refractivity contribution is 6.84. The molecule has 0 radical (unpaired) electrons. The first-order valence-electron chi connectivity index (χ1n) is 8.95. The lowest BCUT2D eigenvalue weighted by Gasteiger charge is -2.35. The second-order valence-corrected chi connectivity index (χ2v) is 16.9.